The molecule has 2 amide bonds. The molecule has 0 fully saturated rings. The van der Waals surface area contributed by atoms with Crippen molar-refractivity contribution >= 4 is 29.6 Å². The minimum atomic E-state index is -4.58. The Bertz CT molecular complexity index is 1730. The van der Waals surface area contributed by atoms with Crippen LogP contribution in [0.5, 0.6) is 5.75 Å². The zero-order valence-corrected chi connectivity index (χ0v) is 23.9. The largest absolute Gasteiger partial charge is 0.489 e. The molecule has 1 atom stereocenters. The average molecular weight is 608 g/mol. The number of rotatable bonds is 8. The van der Waals surface area contributed by atoms with Gasteiger partial charge in [-0.3, -0.25) is 9.59 Å². The number of pyridine rings is 1. The van der Waals surface area contributed by atoms with Crippen LogP contribution in [0.25, 0.3) is 0 Å². The number of benzene rings is 2. The molecular weight excluding hydrogens is 583 g/mol. The van der Waals surface area contributed by atoms with Crippen molar-refractivity contribution in [2.75, 3.05) is 18.6 Å². The third-order valence-electron chi connectivity index (χ3n) is 6.83. The summed E-state index contributed by atoms with van der Waals surface area (Å²) in [5.74, 6) is 5.47. The Morgan fingerprint density at radius 3 is 2.58 bits per heavy atom. The van der Waals surface area contributed by atoms with Crippen molar-refractivity contribution in [3.05, 3.63) is 106 Å². The first-order valence-corrected chi connectivity index (χ1v) is 13.5. The molecule has 3 heterocycles. The summed E-state index contributed by atoms with van der Waals surface area (Å²) in [6, 6.07) is 17.6. The number of ether oxygens (including phenoxy) is 1. The quantitative estimate of drug-likeness (QED) is 0.198. The fourth-order valence-corrected chi connectivity index (χ4v) is 4.79. The molecule has 12 heteroatoms. The number of nitrogens with zero attached hydrogens (tertiary/aromatic N) is 5. The van der Waals surface area contributed by atoms with E-state index in [1.807, 2.05) is 37.3 Å². The lowest BCUT2D eigenvalue weighted by Crippen LogP contribution is -2.38. The second-order valence-corrected chi connectivity index (χ2v) is 10.3. The number of fused-ring (bicyclic) bond motifs is 1. The highest BCUT2D eigenvalue weighted by molar-refractivity contribution is 6.31. The number of carbonyl (C=O) groups excluding carboxylic acids is 2. The summed E-state index contributed by atoms with van der Waals surface area (Å²) in [6.45, 7) is 2.60. The lowest BCUT2D eigenvalue weighted by atomic mass is 10.1. The third kappa shape index (κ3) is 6.49. The highest BCUT2D eigenvalue weighted by Gasteiger charge is 2.37. The van der Waals surface area contributed by atoms with Crippen LogP contribution in [0.3, 0.4) is 0 Å². The van der Waals surface area contributed by atoms with E-state index in [4.69, 9.17) is 16.3 Å². The first-order chi connectivity index (χ1) is 20.5. The molecule has 1 aliphatic rings. The van der Waals surface area contributed by atoms with E-state index in [1.165, 1.54) is 17.0 Å². The molecule has 0 spiro atoms. The summed E-state index contributed by atoms with van der Waals surface area (Å²) in [6.07, 6.45) is -3.97. The van der Waals surface area contributed by atoms with Gasteiger partial charge in [-0.25, -0.2) is 9.67 Å². The first kappa shape index (κ1) is 29.7. The molecule has 43 heavy (non-hydrogen) atoms. The Morgan fingerprint density at radius 2 is 1.88 bits per heavy atom. The normalized spacial score (nSPS) is 13.3. The van der Waals surface area contributed by atoms with Crippen molar-refractivity contribution in [3.8, 4) is 17.6 Å². The van der Waals surface area contributed by atoms with Crippen LogP contribution in [-0.4, -0.2) is 51.7 Å². The highest BCUT2D eigenvalue weighted by atomic mass is 35.5. The Morgan fingerprint density at radius 1 is 1.12 bits per heavy atom. The molecular formula is C31H25ClF3N5O3. The lowest BCUT2D eigenvalue weighted by molar-refractivity contribution is -0.141. The number of aromatic nitrogens is 3. The van der Waals surface area contributed by atoms with E-state index in [2.05, 4.69) is 21.9 Å². The fourth-order valence-electron chi connectivity index (χ4n) is 4.54. The van der Waals surface area contributed by atoms with Gasteiger partial charge >= 0.3 is 6.18 Å². The van der Waals surface area contributed by atoms with Gasteiger partial charge in [0.15, 0.2) is 5.69 Å². The van der Waals surface area contributed by atoms with Gasteiger partial charge in [0.25, 0.3) is 5.91 Å². The number of anilines is 1. The second kappa shape index (κ2) is 12.2. The van der Waals surface area contributed by atoms with Gasteiger partial charge in [0, 0.05) is 18.2 Å². The van der Waals surface area contributed by atoms with E-state index in [-0.39, 0.29) is 24.8 Å². The molecule has 1 unspecified atom stereocenters. The molecule has 5 rings (SSSR count). The van der Waals surface area contributed by atoms with Crippen molar-refractivity contribution in [3.63, 3.8) is 0 Å². The van der Waals surface area contributed by atoms with E-state index >= 15 is 0 Å². The Hall–Kier alpha value is -4.82. The second-order valence-electron chi connectivity index (χ2n) is 9.91. The van der Waals surface area contributed by atoms with Gasteiger partial charge in [0.2, 0.25) is 6.41 Å². The molecule has 0 saturated heterocycles. The number of halogens is 4. The molecule has 2 aromatic heterocycles. The van der Waals surface area contributed by atoms with Crippen molar-refractivity contribution in [1.29, 1.82) is 0 Å². The number of carbonyl (C=O) groups is 2. The minimum absolute atomic E-state index is 0.0451. The van der Waals surface area contributed by atoms with Crippen LogP contribution in [-0.2, 0) is 24.1 Å². The zero-order valence-electron chi connectivity index (χ0n) is 23.1. The van der Waals surface area contributed by atoms with Gasteiger partial charge in [-0.2, -0.15) is 18.3 Å². The van der Waals surface area contributed by atoms with Crippen molar-refractivity contribution in [2.45, 2.75) is 32.2 Å². The monoisotopic (exact) mass is 607 g/mol. The third-order valence-corrected chi connectivity index (χ3v) is 7.26. The van der Waals surface area contributed by atoms with Crippen molar-refractivity contribution < 1.29 is 27.5 Å². The van der Waals surface area contributed by atoms with E-state index in [0.29, 0.717) is 46.4 Å². The number of alkyl halides is 3. The van der Waals surface area contributed by atoms with Gasteiger partial charge in [-0.05, 0) is 48.7 Å². The number of hydrogen-bond donors (Lipinski definition) is 0. The highest BCUT2D eigenvalue weighted by Crippen LogP contribution is 2.32. The van der Waals surface area contributed by atoms with E-state index in [9.17, 15) is 22.8 Å². The predicted octanol–water partition coefficient (Wildman–Crippen LogP) is 5.41. The lowest BCUT2D eigenvalue weighted by Gasteiger charge is -2.25. The fraction of sp³-hybridized carbons (Fsp3) is 0.226. The molecule has 1 aliphatic heterocycles. The summed E-state index contributed by atoms with van der Waals surface area (Å²) < 4.78 is 46.7. The maximum atomic E-state index is 13.2. The smallest absolute Gasteiger partial charge is 0.433 e. The maximum absolute atomic E-state index is 13.2. The van der Waals surface area contributed by atoms with Crippen molar-refractivity contribution in [2.24, 2.45) is 0 Å². The molecule has 0 N–H and O–H groups in total. The van der Waals surface area contributed by atoms with Crippen LogP contribution in [0, 0.1) is 11.8 Å². The summed E-state index contributed by atoms with van der Waals surface area (Å²) in [4.78, 5) is 31.2. The number of amides is 2. The van der Waals surface area contributed by atoms with Crippen LogP contribution in [0.4, 0.5) is 18.9 Å². The Labute approximate surface area is 250 Å². The van der Waals surface area contributed by atoms with Crippen molar-refractivity contribution in [1.82, 2.24) is 19.7 Å². The summed E-state index contributed by atoms with van der Waals surface area (Å²) in [5, 5.41) is 4.87. The molecule has 0 saturated carbocycles. The zero-order chi connectivity index (χ0) is 30.7. The predicted molar refractivity (Wildman–Crippen MR) is 154 cm³/mol. The summed E-state index contributed by atoms with van der Waals surface area (Å²) in [5.41, 5.74) is 1.75. The first-order valence-electron chi connectivity index (χ1n) is 13.2. The standard InChI is InChI=1S/C31H25ClF3N5O3/c1-20(39-17-24-28(30(39)42)37-40(29(24)32)16-22-7-4-3-5-8-22)18-43-26-15-21(12-14-25(26)38(2)19-41)11-13-23-9-6-10-27(36-23)31(33,34)35/h3-10,12,14-15,19-20H,16-18H2,1-2H3. The van der Waals surface area contributed by atoms with Gasteiger partial charge in [-0.15, -0.1) is 0 Å². The molecule has 8 nitrogen and oxygen atoms in total. The summed E-state index contributed by atoms with van der Waals surface area (Å²) >= 11 is 6.60. The van der Waals surface area contributed by atoms with E-state index in [0.717, 1.165) is 11.6 Å². The van der Waals surface area contributed by atoms with E-state index in [1.54, 1.807) is 34.8 Å². The molecule has 4 aromatic rings. The minimum Gasteiger partial charge on any atom is -0.489 e. The van der Waals surface area contributed by atoms with Crippen LogP contribution >= 0.6 is 11.6 Å². The maximum Gasteiger partial charge on any atom is 0.433 e. The Kier molecular flexibility index (Phi) is 8.41. The molecule has 2 aromatic carbocycles. The SMILES string of the molecule is CC(COc1cc(C#Cc2cccc(C(F)(F)F)n2)ccc1N(C)C=O)N1Cc2c(nn(Cc3ccccc3)c2Cl)C1=O. The van der Waals surface area contributed by atoms with Crippen LogP contribution in [0.2, 0.25) is 5.15 Å². The van der Waals surface area contributed by atoms with Crippen LogP contribution < -0.4 is 9.64 Å². The van der Waals surface area contributed by atoms with Gasteiger partial charge < -0.3 is 14.5 Å². The van der Waals surface area contributed by atoms with Gasteiger partial charge in [0.05, 0.1) is 24.8 Å². The summed E-state index contributed by atoms with van der Waals surface area (Å²) in [7, 11) is 1.55. The van der Waals surface area contributed by atoms with Gasteiger partial charge in [-0.1, -0.05) is 53.9 Å². The molecule has 0 radical (unpaired) electrons. The molecule has 0 aliphatic carbocycles. The average Bonchev–Trinajstić information content (AvgIpc) is 3.49. The number of hydrogen-bond acceptors (Lipinski definition) is 5. The van der Waals surface area contributed by atoms with Crippen LogP contribution in [0.15, 0.2) is 66.7 Å². The van der Waals surface area contributed by atoms with Crippen LogP contribution in [0.1, 0.15) is 45.5 Å². The molecule has 220 valence electrons. The van der Waals surface area contributed by atoms with Gasteiger partial charge in [0.1, 0.15) is 28.9 Å². The molecule has 0 bridgehead atoms. The van der Waals surface area contributed by atoms with E-state index < -0.39 is 17.9 Å². The Balaban J connectivity index is 1.30. The topological polar surface area (TPSA) is 80.6 Å².